The average molecular weight is 267 g/mol. The smallest absolute Gasteiger partial charge is 0.231 e. The van der Waals surface area contributed by atoms with Crippen LogP contribution in [0.4, 0.5) is 0 Å². The van der Waals surface area contributed by atoms with Gasteiger partial charge in [-0.25, -0.2) is 0 Å². The molecule has 1 aromatic rings. The first kappa shape index (κ1) is 15.4. The second-order valence-corrected chi connectivity index (χ2v) is 4.44. The molecule has 1 unspecified atom stereocenters. The van der Waals surface area contributed by atoms with E-state index < -0.39 is 12.0 Å². The molecular weight excluding hydrogens is 246 g/mol. The highest BCUT2D eigenvalue weighted by Crippen LogP contribution is 2.17. The number of benzene rings is 1. The van der Waals surface area contributed by atoms with E-state index in [1.54, 1.807) is 11.9 Å². The van der Waals surface area contributed by atoms with Gasteiger partial charge >= 0.3 is 0 Å². The van der Waals surface area contributed by atoms with E-state index in [2.05, 4.69) is 0 Å². The van der Waals surface area contributed by atoms with Gasteiger partial charge in [0.25, 0.3) is 0 Å². The molecular formula is C13H21N3O3. The predicted molar refractivity (Wildman–Crippen MR) is 72.5 cm³/mol. The third kappa shape index (κ3) is 5.69. The molecule has 1 aromatic carbocycles. The lowest BCUT2D eigenvalue weighted by atomic mass is 10.2. The SMILES string of the molecule is CN(CC(N)=O)CC(O)COc1ccccc1CN. The first-order valence-corrected chi connectivity index (χ1v) is 6.08. The number of nitrogens with two attached hydrogens (primary N) is 2. The molecule has 6 nitrogen and oxygen atoms in total. The number of carbonyl (C=O) groups excluding carboxylic acids is 1. The van der Waals surface area contributed by atoms with E-state index in [1.165, 1.54) is 0 Å². The number of rotatable bonds is 8. The summed E-state index contributed by atoms with van der Waals surface area (Å²) in [6, 6.07) is 7.41. The minimum atomic E-state index is -0.699. The fourth-order valence-corrected chi connectivity index (χ4v) is 1.74. The summed E-state index contributed by atoms with van der Waals surface area (Å²) in [5.74, 6) is 0.241. The number of likely N-dealkylation sites (N-methyl/N-ethyl adjacent to an activating group) is 1. The Morgan fingerprint density at radius 2 is 2.16 bits per heavy atom. The minimum absolute atomic E-state index is 0.108. The summed E-state index contributed by atoms with van der Waals surface area (Å²) < 4.78 is 5.52. The quantitative estimate of drug-likeness (QED) is 0.578. The van der Waals surface area contributed by atoms with Crippen molar-refractivity contribution >= 4 is 5.91 Å². The number of ether oxygens (including phenoxy) is 1. The van der Waals surface area contributed by atoms with Crippen molar-refractivity contribution in [3.8, 4) is 5.75 Å². The van der Waals surface area contributed by atoms with Gasteiger partial charge in [0, 0.05) is 18.7 Å². The summed E-state index contributed by atoms with van der Waals surface area (Å²) in [4.78, 5) is 12.4. The molecule has 0 radical (unpaired) electrons. The Labute approximate surface area is 112 Å². The summed E-state index contributed by atoms with van der Waals surface area (Å²) in [6.07, 6.45) is -0.699. The highest BCUT2D eigenvalue weighted by molar-refractivity contribution is 5.75. The molecule has 5 N–H and O–H groups in total. The Balaban J connectivity index is 2.41. The maximum Gasteiger partial charge on any atom is 0.231 e. The van der Waals surface area contributed by atoms with E-state index in [1.807, 2.05) is 24.3 Å². The van der Waals surface area contributed by atoms with Gasteiger partial charge < -0.3 is 21.3 Å². The largest absolute Gasteiger partial charge is 0.491 e. The molecule has 0 aliphatic carbocycles. The molecule has 6 heteroatoms. The zero-order valence-electron chi connectivity index (χ0n) is 11.1. The monoisotopic (exact) mass is 267 g/mol. The van der Waals surface area contributed by atoms with E-state index in [-0.39, 0.29) is 13.2 Å². The third-order valence-electron chi connectivity index (χ3n) is 2.57. The number of carbonyl (C=O) groups is 1. The van der Waals surface area contributed by atoms with Crippen LogP contribution in [-0.4, -0.2) is 48.8 Å². The number of amides is 1. The van der Waals surface area contributed by atoms with Crippen LogP contribution in [0.5, 0.6) is 5.75 Å². The zero-order chi connectivity index (χ0) is 14.3. The Morgan fingerprint density at radius 1 is 1.47 bits per heavy atom. The van der Waals surface area contributed by atoms with Crippen LogP contribution in [0.2, 0.25) is 0 Å². The van der Waals surface area contributed by atoms with Crippen molar-refractivity contribution in [1.82, 2.24) is 4.90 Å². The molecule has 19 heavy (non-hydrogen) atoms. The first-order valence-electron chi connectivity index (χ1n) is 6.08. The second-order valence-electron chi connectivity index (χ2n) is 4.44. The summed E-state index contributed by atoms with van der Waals surface area (Å²) in [7, 11) is 1.71. The van der Waals surface area contributed by atoms with Crippen molar-refractivity contribution in [2.45, 2.75) is 12.6 Å². The molecule has 0 saturated carbocycles. The Kier molecular flexibility index (Phi) is 6.27. The van der Waals surface area contributed by atoms with Crippen LogP contribution in [0.1, 0.15) is 5.56 Å². The Morgan fingerprint density at radius 3 is 2.79 bits per heavy atom. The van der Waals surface area contributed by atoms with Crippen molar-refractivity contribution < 1.29 is 14.6 Å². The lowest BCUT2D eigenvalue weighted by Crippen LogP contribution is -2.38. The van der Waals surface area contributed by atoms with Gasteiger partial charge in [-0.2, -0.15) is 0 Å². The molecule has 0 aromatic heterocycles. The predicted octanol–water partition coefficient (Wildman–Crippen LogP) is -0.698. The highest BCUT2D eigenvalue weighted by atomic mass is 16.5. The lowest BCUT2D eigenvalue weighted by Gasteiger charge is -2.20. The molecule has 106 valence electrons. The maximum absolute atomic E-state index is 10.7. The highest BCUT2D eigenvalue weighted by Gasteiger charge is 2.11. The van der Waals surface area contributed by atoms with Crippen molar-refractivity contribution in [3.05, 3.63) is 29.8 Å². The Hall–Kier alpha value is -1.63. The fraction of sp³-hybridized carbons (Fsp3) is 0.462. The normalized spacial score (nSPS) is 12.4. The van der Waals surface area contributed by atoms with E-state index in [0.717, 1.165) is 5.56 Å². The summed E-state index contributed by atoms with van der Waals surface area (Å²) in [5.41, 5.74) is 11.5. The number of aliphatic hydroxyl groups excluding tert-OH is 1. The first-order chi connectivity index (χ1) is 9.02. The van der Waals surface area contributed by atoms with Gasteiger partial charge in [-0.15, -0.1) is 0 Å². The number of hydrogen-bond donors (Lipinski definition) is 3. The lowest BCUT2D eigenvalue weighted by molar-refractivity contribution is -0.119. The van der Waals surface area contributed by atoms with Crippen LogP contribution in [0.25, 0.3) is 0 Å². The number of para-hydroxylation sites is 1. The third-order valence-corrected chi connectivity index (χ3v) is 2.57. The number of aliphatic hydroxyl groups is 1. The maximum atomic E-state index is 10.7. The molecule has 0 saturated heterocycles. The topological polar surface area (TPSA) is 102 Å². The van der Waals surface area contributed by atoms with Crippen molar-refractivity contribution in [1.29, 1.82) is 0 Å². The molecule has 0 aliphatic rings. The van der Waals surface area contributed by atoms with Gasteiger partial charge in [-0.05, 0) is 13.1 Å². The second kappa shape index (κ2) is 7.73. The summed E-state index contributed by atoms with van der Waals surface area (Å²) >= 11 is 0. The molecule has 0 aliphatic heterocycles. The van der Waals surface area contributed by atoms with Crippen LogP contribution in [0, 0.1) is 0 Å². The summed E-state index contributed by atoms with van der Waals surface area (Å²) in [5, 5.41) is 9.81. The molecule has 0 spiro atoms. The van der Waals surface area contributed by atoms with Crippen LogP contribution < -0.4 is 16.2 Å². The van der Waals surface area contributed by atoms with Gasteiger partial charge in [-0.3, -0.25) is 9.69 Å². The van der Waals surface area contributed by atoms with Crippen molar-refractivity contribution in [2.24, 2.45) is 11.5 Å². The number of primary amides is 1. The Bertz CT molecular complexity index is 412. The fourth-order valence-electron chi connectivity index (χ4n) is 1.74. The van der Waals surface area contributed by atoms with Crippen LogP contribution in [0.3, 0.4) is 0 Å². The van der Waals surface area contributed by atoms with Gasteiger partial charge in [0.1, 0.15) is 18.5 Å². The standard InChI is InChI=1S/C13H21N3O3/c1-16(8-13(15)18)7-11(17)9-19-12-5-3-2-4-10(12)6-14/h2-5,11,17H,6-9,14H2,1H3,(H2,15,18). The van der Waals surface area contributed by atoms with E-state index in [0.29, 0.717) is 18.8 Å². The van der Waals surface area contributed by atoms with Crippen molar-refractivity contribution in [3.63, 3.8) is 0 Å². The zero-order valence-corrected chi connectivity index (χ0v) is 11.1. The number of hydrogen-bond acceptors (Lipinski definition) is 5. The van der Waals surface area contributed by atoms with E-state index >= 15 is 0 Å². The van der Waals surface area contributed by atoms with Crippen LogP contribution >= 0.6 is 0 Å². The van der Waals surface area contributed by atoms with Gasteiger partial charge in [-0.1, -0.05) is 18.2 Å². The van der Waals surface area contributed by atoms with Crippen molar-refractivity contribution in [2.75, 3.05) is 26.7 Å². The van der Waals surface area contributed by atoms with E-state index in [4.69, 9.17) is 16.2 Å². The molecule has 0 bridgehead atoms. The molecule has 0 fully saturated rings. The molecule has 1 atom stereocenters. The van der Waals surface area contributed by atoms with E-state index in [9.17, 15) is 9.90 Å². The van der Waals surface area contributed by atoms with Gasteiger partial charge in [0.2, 0.25) is 5.91 Å². The van der Waals surface area contributed by atoms with Gasteiger partial charge in [0.05, 0.1) is 6.54 Å². The summed E-state index contributed by atoms with van der Waals surface area (Å²) in [6.45, 7) is 0.943. The minimum Gasteiger partial charge on any atom is -0.491 e. The molecule has 1 amide bonds. The molecule has 0 heterocycles. The molecule has 1 rings (SSSR count). The van der Waals surface area contributed by atoms with Crippen LogP contribution in [-0.2, 0) is 11.3 Å². The van der Waals surface area contributed by atoms with Crippen LogP contribution in [0.15, 0.2) is 24.3 Å². The number of nitrogens with zero attached hydrogens (tertiary/aromatic N) is 1. The van der Waals surface area contributed by atoms with Gasteiger partial charge in [0.15, 0.2) is 0 Å². The average Bonchev–Trinajstić information content (AvgIpc) is 2.35.